The SMILES string of the molecule is CNC(c1cnc(C)cn1)c1cc2cc(C)ccc2o1. The third-order valence-electron chi connectivity index (χ3n) is 3.36. The van der Waals surface area contributed by atoms with E-state index in [1.165, 1.54) is 5.56 Å². The average Bonchev–Trinajstić information content (AvgIpc) is 2.84. The van der Waals surface area contributed by atoms with Crippen molar-refractivity contribution in [3.8, 4) is 0 Å². The summed E-state index contributed by atoms with van der Waals surface area (Å²) in [5.74, 6) is 0.853. The van der Waals surface area contributed by atoms with Gasteiger partial charge in [-0.15, -0.1) is 0 Å². The summed E-state index contributed by atoms with van der Waals surface area (Å²) in [6.07, 6.45) is 3.56. The molecule has 0 aliphatic rings. The third kappa shape index (κ3) is 2.30. The number of furan rings is 1. The molecule has 0 fully saturated rings. The van der Waals surface area contributed by atoms with Crippen LogP contribution in [0.2, 0.25) is 0 Å². The lowest BCUT2D eigenvalue weighted by Crippen LogP contribution is -2.18. The fraction of sp³-hybridized carbons (Fsp3) is 0.250. The number of hydrogen-bond donors (Lipinski definition) is 1. The van der Waals surface area contributed by atoms with E-state index in [9.17, 15) is 0 Å². The van der Waals surface area contributed by atoms with Crippen molar-refractivity contribution in [1.29, 1.82) is 0 Å². The zero-order valence-electron chi connectivity index (χ0n) is 11.8. The molecule has 0 aliphatic carbocycles. The van der Waals surface area contributed by atoms with E-state index in [-0.39, 0.29) is 6.04 Å². The van der Waals surface area contributed by atoms with Crippen molar-refractivity contribution < 1.29 is 4.42 Å². The number of nitrogens with one attached hydrogen (secondary N) is 1. The van der Waals surface area contributed by atoms with Crippen LogP contribution in [0.25, 0.3) is 11.0 Å². The van der Waals surface area contributed by atoms with Crippen LogP contribution in [0.3, 0.4) is 0 Å². The molecule has 1 N–H and O–H groups in total. The molecule has 102 valence electrons. The van der Waals surface area contributed by atoms with Gasteiger partial charge in [0, 0.05) is 11.6 Å². The molecular formula is C16H17N3O. The predicted molar refractivity (Wildman–Crippen MR) is 78.6 cm³/mol. The highest BCUT2D eigenvalue weighted by atomic mass is 16.3. The Labute approximate surface area is 117 Å². The van der Waals surface area contributed by atoms with Crippen LogP contribution < -0.4 is 5.32 Å². The fourth-order valence-electron chi connectivity index (χ4n) is 2.31. The fourth-order valence-corrected chi connectivity index (χ4v) is 2.31. The molecule has 3 rings (SSSR count). The molecule has 0 bridgehead atoms. The molecule has 4 heteroatoms. The van der Waals surface area contributed by atoms with Crippen molar-refractivity contribution in [2.24, 2.45) is 0 Å². The molecule has 2 heterocycles. The summed E-state index contributed by atoms with van der Waals surface area (Å²) in [5, 5.41) is 4.34. The van der Waals surface area contributed by atoms with E-state index in [0.29, 0.717) is 0 Å². The summed E-state index contributed by atoms with van der Waals surface area (Å²) in [6.45, 7) is 4.00. The quantitative estimate of drug-likeness (QED) is 0.792. The van der Waals surface area contributed by atoms with Gasteiger partial charge in [-0.25, -0.2) is 0 Å². The minimum atomic E-state index is -0.0872. The number of rotatable bonds is 3. The standard InChI is InChI=1S/C16H17N3O/c1-10-4-5-14-12(6-10)7-15(20-14)16(17-3)13-9-18-11(2)8-19-13/h4-9,16-17H,1-3H3. The molecule has 0 saturated heterocycles. The Kier molecular flexibility index (Phi) is 3.24. The summed E-state index contributed by atoms with van der Waals surface area (Å²) < 4.78 is 5.93. The summed E-state index contributed by atoms with van der Waals surface area (Å²) in [6, 6.07) is 8.15. The van der Waals surface area contributed by atoms with Crippen LogP contribution in [0.5, 0.6) is 0 Å². The van der Waals surface area contributed by atoms with Gasteiger partial charge >= 0.3 is 0 Å². The lowest BCUT2D eigenvalue weighted by molar-refractivity contribution is 0.485. The van der Waals surface area contributed by atoms with E-state index in [0.717, 1.165) is 28.1 Å². The van der Waals surface area contributed by atoms with Crippen LogP contribution in [-0.4, -0.2) is 17.0 Å². The largest absolute Gasteiger partial charge is 0.459 e. The Bertz CT molecular complexity index is 731. The van der Waals surface area contributed by atoms with Gasteiger partial charge in [-0.05, 0) is 39.1 Å². The molecule has 20 heavy (non-hydrogen) atoms. The van der Waals surface area contributed by atoms with Crippen LogP contribution >= 0.6 is 0 Å². The lowest BCUT2D eigenvalue weighted by atomic mass is 10.1. The first kappa shape index (κ1) is 12.8. The molecule has 3 aromatic rings. The molecule has 1 aromatic carbocycles. The number of aromatic nitrogens is 2. The van der Waals surface area contributed by atoms with E-state index in [1.54, 1.807) is 12.4 Å². The highest BCUT2D eigenvalue weighted by molar-refractivity contribution is 5.78. The summed E-state index contributed by atoms with van der Waals surface area (Å²) in [4.78, 5) is 8.73. The smallest absolute Gasteiger partial charge is 0.134 e. The zero-order chi connectivity index (χ0) is 14.1. The number of fused-ring (bicyclic) bond motifs is 1. The molecule has 1 unspecified atom stereocenters. The first-order chi connectivity index (χ1) is 9.67. The van der Waals surface area contributed by atoms with Gasteiger partial charge < -0.3 is 9.73 Å². The molecule has 0 saturated carbocycles. The first-order valence-corrected chi connectivity index (χ1v) is 6.63. The van der Waals surface area contributed by atoms with Crippen molar-refractivity contribution in [2.75, 3.05) is 7.05 Å². The maximum absolute atomic E-state index is 5.93. The van der Waals surface area contributed by atoms with Crippen LogP contribution in [0.15, 0.2) is 41.1 Å². The maximum Gasteiger partial charge on any atom is 0.134 e. The van der Waals surface area contributed by atoms with Crippen LogP contribution in [0, 0.1) is 13.8 Å². The van der Waals surface area contributed by atoms with Gasteiger partial charge in [0.15, 0.2) is 0 Å². The topological polar surface area (TPSA) is 51.0 Å². The summed E-state index contributed by atoms with van der Waals surface area (Å²) in [5.41, 5.74) is 3.88. The monoisotopic (exact) mass is 267 g/mol. The molecule has 0 radical (unpaired) electrons. The molecule has 0 spiro atoms. The van der Waals surface area contributed by atoms with Crippen molar-refractivity contribution in [3.63, 3.8) is 0 Å². The molecule has 0 amide bonds. The molecule has 0 aliphatic heterocycles. The van der Waals surface area contributed by atoms with E-state index in [4.69, 9.17) is 4.42 Å². The van der Waals surface area contributed by atoms with Crippen molar-refractivity contribution in [3.05, 3.63) is 59.4 Å². The molecule has 4 nitrogen and oxygen atoms in total. The van der Waals surface area contributed by atoms with Crippen LogP contribution in [-0.2, 0) is 0 Å². The Morgan fingerprint density at radius 3 is 2.65 bits per heavy atom. The van der Waals surface area contributed by atoms with E-state index in [2.05, 4.69) is 40.4 Å². The summed E-state index contributed by atoms with van der Waals surface area (Å²) in [7, 11) is 1.89. The van der Waals surface area contributed by atoms with Gasteiger partial charge in [0.2, 0.25) is 0 Å². The van der Waals surface area contributed by atoms with E-state index in [1.807, 2.05) is 20.0 Å². The minimum absolute atomic E-state index is 0.0872. The van der Waals surface area contributed by atoms with Gasteiger partial charge in [-0.2, -0.15) is 0 Å². The Morgan fingerprint density at radius 1 is 1.10 bits per heavy atom. The molecule has 2 aromatic heterocycles. The highest BCUT2D eigenvalue weighted by Crippen LogP contribution is 2.27. The van der Waals surface area contributed by atoms with Gasteiger partial charge in [0.25, 0.3) is 0 Å². The molecular weight excluding hydrogens is 250 g/mol. The number of hydrogen-bond acceptors (Lipinski definition) is 4. The van der Waals surface area contributed by atoms with Gasteiger partial charge in [-0.3, -0.25) is 9.97 Å². The number of aryl methyl sites for hydroxylation is 2. The normalized spacial score (nSPS) is 12.8. The zero-order valence-corrected chi connectivity index (χ0v) is 11.8. The Hall–Kier alpha value is -2.20. The van der Waals surface area contributed by atoms with E-state index < -0.39 is 0 Å². The van der Waals surface area contributed by atoms with Gasteiger partial charge in [0.1, 0.15) is 17.4 Å². The second kappa shape index (κ2) is 5.06. The van der Waals surface area contributed by atoms with Crippen LogP contribution in [0.1, 0.15) is 28.8 Å². The van der Waals surface area contributed by atoms with Crippen molar-refractivity contribution in [1.82, 2.24) is 15.3 Å². The second-order valence-corrected chi connectivity index (χ2v) is 4.99. The average molecular weight is 267 g/mol. The first-order valence-electron chi connectivity index (χ1n) is 6.63. The number of benzene rings is 1. The Morgan fingerprint density at radius 2 is 1.95 bits per heavy atom. The van der Waals surface area contributed by atoms with Crippen molar-refractivity contribution in [2.45, 2.75) is 19.9 Å². The third-order valence-corrected chi connectivity index (χ3v) is 3.36. The minimum Gasteiger partial charge on any atom is -0.459 e. The molecule has 1 atom stereocenters. The number of nitrogens with zero attached hydrogens (tertiary/aromatic N) is 2. The predicted octanol–water partition coefficient (Wildman–Crippen LogP) is 3.15. The second-order valence-electron chi connectivity index (χ2n) is 4.99. The van der Waals surface area contributed by atoms with Crippen molar-refractivity contribution >= 4 is 11.0 Å². The maximum atomic E-state index is 5.93. The summed E-state index contributed by atoms with van der Waals surface area (Å²) >= 11 is 0. The lowest BCUT2D eigenvalue weighted by Gasteiger charge is -2.12. The van der Waals surface area contributed by atoms with Gasteiger partial charge in [0.05, 0.1) is 17.6 Å². The van der Waals surface area contributed by atoms with Gasteiger partial charge in [-0.1, -0.05) is 11.6 Å². The Balaban J connectivity index is 2.04. The highest BCUT2D eigenvalue weighted by Gasteiger charge is 2.18. The van der Waals surface area contributed by atoms with Crippen LogP contribution in [0.4, 0.5) is 0 Å². The van der Waals surface area contributed by atoms with E-state index >= 15 is 0 Å².